The van der Waals surface area contributed by atoms with E-state index in [4.69, 9.17) is 11.6 Å². The lowest BCUT2D eigenvalue weighted by Gasteiger charge is -2.16. The summed E-state index contributed by atoms with van der Waals surface area (Å²) in [5, 5.41) is 3.44. The molecule has 2 amide bonds. The van der Waals surface area contributed by atoms with E-state index in [-0.39, 0.29) is 24.1 Å². The summed E-state index contributed by atoms with van der Waals surface area (Å²) in [7, 11) is 0. The quantitative estimate of drug-likeness (QED) is 0.924. The summed E-state index contributed by atoms with van der Waals surface area (Å²) in [6.45, 7) is 0.659. The van der Waals surface area contributed by atoms with Crippen molar-refractivity contribution in [2.24, 2.45) is 5.92 Å². The maximum absolute atomic E-state index is 13.0. The SMILES string of the molecule is O=C(NCc1cccc(Cl)c1)[C@H]1CC(=O)N(c2ccc(F)cc2)C1. The van der Waals surface area contributed by atoms with E-state index in [1.807, 2.05) is 12.1 Å². The molecule has 0 unspecified atom stereocenters. The molecule has 0 aliphatic carbocycles. The van der Waals surface area contributed by atoms with E-state index in [0.717, 1.165) is 5.56 Å². The third-order valence-corrected chi connectivity index (χ3v) is 4.22. The molecule has 6 heteroatoms. The molecule has 1 fully saturated rings. The Kier molecular flexibility index (Phi) is 4.81. The van der Waals surface area contributed by atoms with E-state index < -0.39 is 5.92 Å². The van der Waals surface area contributed by atoms with Crippen molar-refractivity contribution in [2.75, 3.05) is 11.4 Å². The molecule has 0 saturated carbocycles. The van der Waals surface area contributed by atoms with Crippen LogP contribution in [0.5, 0.6) is 0 Å². The third-order valence-electron chi connectivity index (χ3n) is 3.99. The highest BCUT2D eigenvalue weighted by molar-refractivity contribution is 6.30. The van der Waals surface area contributed by atoms with E-state index in [1.54, 1.807) is 24.3 Å². The molecular formula is C18H16ClFN2O2. The minimum absolute atomic E-state index is 0.135. The molecule has 1 aliphatic heterocycles. The van der Waals surface area contributed by atoms with Crippen LogP contribution < -0.4 is 10.2 Å². The van der Waals surface area contributed by atoms with Gasteiger partial charge in [0.1, 0.15) is 5.82 Å². The fraction of sp³-hybridized carbons (Fsp3) is 0.222. The molecule has 124 valence electrons. The Morgan fingerprint density at radius 1 is 1.25 bits per heavy atom. The number of halogens is 2. The topological polar surface area (TPSA) is 49.4 Å². The minimum Gasteiger partial charge on any atom is -0.352 e. The summed E-state index contributed by atoms with van der Waals surface area (Å²) < 4.78 is 13.0. The van der Waals surface area contributed by atoms with Gasteiger partial charge in [0.05, 0.1) is 5.92 Å². The van der Waals surface area contributed by atoms with Gasteiger partial charge in [-0.2, -0.15) is 0 Å². The molecule has 4 nitrogen and oxygen atoms in total. The third kappa shape index (κ3) is 3.74. The number of amides is 2. The maximum atomic E-state index is 13.0. The van der Waals surface area contributed by atoms with Gasteiger partial charge in [-0.15, -0.1) is 0 Å². The largest absolute Gasteiger partial charge is 0.352 e. The second-order valence-electron chi connectivity index (χ2n) is 5.73. The normalized spacial score (nSPS) is 17.2. The molecule has 0 bridgehead atoms. The molecule has 2 aromatic carbocycles. The Morgan fingerprint density at radius 2 is 2.00 bits per heavy atom. The smallest absolute Gasteiger partial charge is 0.227 e. The van der Waals surface area contributed by atoms with Gasteiger partial charge in [0, 0.05) is 30.2 Å². The van der Waals surface area contributed by atoms with Gasteiger partial charge in [-0.1, -0.05) is 23.7 Å². The highest BCUT2D eigenvalue weighted by Gasteiger charge is 2.34. The molecule has 1 N–H and O–H groups in total. The first-order chi connectivity index (χ1) is 11.5. The van der Waals surface area contributed by atoms with E-state index in [9.17, 15) is 14.0 Å². The Balaban J connectivity index is 1.60. The first-order valence-corrected chi connectivity index (χ1v) is 7.99. The van der Waals surface area contributed by atoms with Crippen LogP contribution in [-0.2, 0) is 16.1 Å². The van der Waals surface area contributed by atoms with Gasteiger partial charge in [0.15, 0.2) is 0 Å². The van der Waals surface area contributed by atoms with Crippen molar-refractivity contribution in [1.29, 1.82) is 0 Å². The summed E-state index contributed by atoms with van der Waals surface area (Å²) in [5.74, 6) is -1.08. The molecule has 0 spiro atoms. The first kappa shape index (κ1) is 16.5. The summed E-state index contributed by atoms with van der Waals surface area (Å²) in [6.07, 6.45) is 0.152. The number of hydrogen-bond donors (Lipinski definition) is 1. The van der Waals surface area contributed by atoms with E-state index in [0.29, 0.717) is 23.8 Å². The van der Waals surface area contributed by atoms with Gasteiger partial charge < -0.3 is 10.2 Å². The number of nitrogens with one attached hydrogen (secondary N) is 1. The van der Waals surface area contributed by atoms with Crippen LogP contribution in [0, 0.1) is 11.7 Å². The molecule has 0 radical (unpaired) electrons. The molecular weight excluding hydrogens is 331 g/mol. The second-order valence-corrected chi connectivity index (χ2v) is 6.17. The van der Waals surface area contributed by atoms with Gasteiger partial charge in [-0.25, -0.2) is 4.39 Å². The fourth-order valence-electron chi connectivity index (χ4n) is 2.73. The molecule has 2 aromatic rings. The van der Waals surface area contributed by atoms with Crippen LogP contribution in [0.1, 0.15) is 12.0 Å². The van der Waals surface area contributed by atoms with Crippen LogP contribution in [0.15, 0.2) is 48.5 Å². The van der Waals surface area contributed by atoms with E-state index >= 15 is 0 Å². The molecule has 1 aliphatic rings. The number of carbonyl (C=O) groups is 2. The number of carbonyl (C=O) groups excluding carboxylic acids is 2. The van der Waals surface area contributed by atoms with Crippen molar-refractivity contribution in [3.63, 3.8) is 0 Å². The Hall–Kier alpha value is -2.40. The van der Waals surface area contributed by atoms with Crippen molar-refractivity contribution >= 4 is 29.1 Å². The lowest BCUT2D eigenvalue weighted by atomic mass is 10.1. The van der Waals surface area contributed by atoms with Crippen molar-refractivity contribution < 1.29 is 14.0 Å². The Labute approximate surface area is 144 Å². The average Bonchev–Trinajstić information content (AvgIpc) is 2.95. The molecule has 3 rings (SSSR count). The lowest BCUT2D eigenvalue weighted by Crippen LogP contribution is -2.32. The zero-order chi connectivity index (χ0) is 17.1. The van der Waals surface area contributed by atoms with Gasteiger partial charge in [0.2, 0.25) is 11.8 Å². The van der Waals surface area contributed by atoms with Gasteiger partial charge in [0.25, 0.3) is 0 Å². The monoisotopic (exact) mass is 346 g/mol. The Bertz CT molecular complexity index is 764. The average molecular weight is 347 g/mol. The highest BCUT2D eigenvalue weighted by atomic mass is 35.5. The molecule has 1 atom stereocenters. The van der Waals surface area contributed by atoms with Crippen molar-refractivity contribution in [1.82, 2.24) is 5.32 Å². The molecule has 24 heavy (non-hydrogen) atoms. The summed E-state index contributed by atoms with van der Waals surface area (Å²) in [5.41, 5.74) is 1.50. The standard InChI is InChI=1S/C18H16ClFN2O2/c19-14-3-1-2-12(8-14)10-21-18(24)13-9-17(23)22(11-13)16-6-4-15(20)5-7-16/h1-8,13H,9-11H2,(H,21,24)/t13-/m0/s1. The van der Waals surface area contributed by atoms with Crippen LogP contribution in [0.25, 0.3) is 0 Å². The number of anilines is 1. The van der Waals surface area contributed by atoms with Gasteiger partial charge in [-0.05, 0) is 42.0 Å². The minimum atomic E-state index is -0.415. The highest BCUT2D eigenvalue weighted by Crippen LogP contribution is 2.25. The predicted molar refractivity (Wildman–Crippen MR) is 90.2 cm³/mol. The van der Waals surface area contributed by atoms with Crippen LogP contribution in [-0.4, -0.2) is 18.4 Å². The predicted octanol–water partition coefficient (Wildman–Crippen LogP) is 3.15. The zero-order valence-electron chi connectivity index (χ0n) is 12.8. The molecule has 1 heterocycles. The summed E-state index contributed by atoms with van der Waals surface area (Å²) in [4.78, 5) is 25.9. The second kappa shape index (κ2) is 7.01. The number of rotatable bonds is 4. The number of nitrogens with zero attached hydrogens (tertiary/aromatic N) is 1. The van der Waals surface area contributed by atoms with Gasteiger partial charge in [-0.3, -0.25) is 9.59 Å². The van der Waals surface area contributed by atoms with Crippen LogP contribution >= 0.6 is 11.6 Å². The maximum Gasteiger partial charge on any atom is 0.227 e. The van der Waals surface area contributed by atoms with Crippen molar-refractivity contribution in [3.8, 4) is 0 Å². The molecule has 0 aromatic heterocycles. The van der Waals surface area contributed by atoms with Crippen molar-refractivity contribution in [3.05, 3.63) is 64.9 Å². The van der Waals surface area contributed by atoms with E-state index in [2.05, 4.69) is 5.32 Å². The van der Waals surface area contributed by atoms with Gasteiger partial charge >= 0.3 is 0 Å². The van der Waals surface area contributed by atoms with Crippen molar-refractivity contribution in [2.45, 2.75) is 13.0 Å². The summed E-state index contributed by atoms with van der Waals surface area (Å²) in [6, 6.07) is 12.9. The first-order valence-electron chi connectivity index (χ1n) is 7.61. The molecule has 1 saturated heterocycles. The lowest BCUT2D eigenvalue weighted by molar-refractivity contribution is -0.126. The van der Waals surface area contributed by atoms with Crippen LogP contribution in [0.2, 0.25) is 5.02 Å². The number of benzene rings is 2. The number of hydrogen-bond acceptors (Lipinski definition) is 2. The van der Waals surface area contributed by atoms with Crippen LogP contribution in [0.4, 0.5) is 10.1 Å². The zero-order valence-corrected chi connectivity index (χ0v) is 13.6. The Morgan fingerprint density at radius 3 is 2.71 bits per heavy atom. The van der Waals surface area contributed by atoms with Crippen LogP contribution in [0.3, 0.4) is 0 Å². The van der Waals surface area contributed by atoms with E-state index in [1.165, 1.54) is 17.0 Å². The summed E-state index contributed by atoms with van der Waals surface area (Å²) >= 11 is 5.91. The fourth-order valence-corrected chi connectivity index (χ4v) is 2.95.